The first-order valence-electron chi connectivity index (χ1n) is 13.4. The van der Waals surface area contributed by atoms with Gasteiger partial charge in [0.1, 0.15) is 29.0 Å². The molecule has 2 aromatic carbocycles. The van der Waals surface area contributed by atoms with Gasteiger partial charge in [-0.3, -0.25) is 4.79 Å². The van der Waals surface area contributed by atoms with Crippen molar-refractivity contribution in [2.24, 2.45) is 0 Å². The number of carbonyl (C=O) groups is 1. The van der Waals surface area contributed by atoms with E-state index in [1.807, 2.05) is 12.1 Å². The van der Waals surface area contributed by atoms with Crippen molar-refractivity contribution in [2.45, 2.75) is 38.4 Å². The molecule has 1 saturated carbocycles. The van der Waals surface area contributed by atoms with Gasteiger partial charge in [-0.25, -0.2) is 18.7 Å². The van der Waals surface area contributed by atoms with Gasteiger partial charge in [0.2, 0.25) is 0 Å². The van der Waals surface area contributed by atoms with Crippen LogP contribution in [0.25, 0.3) is 11.3 Å². The average Bonchev–Trinajstić information content (AvgIpc) is 3.26. The number of carbonyl (C=O) groups excluding carboxylic acids is 1. The van der Waals surface area contributed by atoms with Crippen LogP contribution < -0.4 is 20.1 Å². The molecule has 0 atom stereocenters. The number of anilines is 3. The maximum Gasteiger partial charge on any atom is 0.258 e. The van der Waals surface area contributed by atoms with Crippen molar-refractivity contribution in [3.63, 3.8) is 0 Å². The Morgan fingerprint density at radius 2 is 1.80 bits per heavy atom. The van der Waals surface area contributed by atoms with Gasteiger partial charge in [-0.05, 0) is 61.7 Å². The average molecular weight is 558 g/mol. The van der Waals surface area contributed by atoms with Crippen LogP contribution in [0, 0.1) is 11.6 Å². The van der Waals surface area contributed by atoms with Crippen molar-refractivity contribution >= 4 is 23.1 Å². The molecule has 1 aliphatic carbocycles. The van der Waals surface area contributed by atoms with Crippen molar-refractivity contribution in [1.29, 1.82) is 0 Å². The maximum absolute atomic E-state index is 14.8. The second-order valence-corrected chi connectivity index (χ2v) is 10.1. The van der Waals surface area contributed by atoms with Gasteiger partial charge in [0.05, 0.1) is 67.4 Å². The third kappa shape index (κ3) is 5.25. The first kappa shape index (κ1) is 26.5. The Hall–Kier alpha value is -4.73. The van der Waals surface area contributed by atoms with Gasteiger partial charge in [-0.15, -0.1) is 0 Å². The molecule has 210 valence electrons. The zero-order valence-corrected chi connectivity index (χ0v) is 22.7. The molecule has 6 rings (SSSR count). The minimum atomic E-state index is -0.739. The first-order chi connectivity index (χ1) is 19.9. The fourth-order valence-electron chi connectivity index (χ4n) is 5.13. The third-order valence-electron chi connectivity index (χ3n) is 7.51. The molecule has 3 heterocycles. The number of rotatable bonds is 9. The number of pyridine rings is 2. The molecular weight excluding hydrogens is 528 g/mol. The fraction of sp³-hybridized carbons (Fsp3) is 0.258. The number of hydrogen-bond donors (Lipinski definition) is 2. The van der Waals surface area contributed by atoms with E-state index in [4.69, 9.17) is 9.47 Å². The molecule has 10 heteroatoms. The lowest BCUT2D eigenvalue weighted by atomic mass is 9.93. The number of benzene rings is 2. The van der Waals surface area contributed by atoms with Crippen molar-refractivity contribution in [1.82, 2.24) is 14.9 Å². The highest BCUT2D eigenvalue weighted by Crippen LogP contribution is 2.37. The molecule has 41 heavy (non-hydrogen) atoms. The zero-order chi connectivity index (χ0) is 28.5. The highest BCUT2D eigenvalue weighted by molar-refractivity contribution is 6.04. The Bertz CT molecular complexity index is 1590. The molecule has 0 unspecified atom stereocenters. The summed E-state index contributed by atoms with van der Waals surface area (Å²) in [5, 5.41) is 6.65. The number of ether oxygens (including phenoxy) is 2. The van der Waals surface area contributed by atoms with Crippen LogP contribution in [0.15, 0.2) is 60.8 Å². The number of nitrogens with zero attached hydrogens (tertiary/aromatic N) is 3. The summed E-state index contributed by atoms with van der Waals surface area (Å²) in [5.74, 6) is -0.0486. The quantitative estimate of drug-likeness (QED) is 0.250. The van der Waals surface area contributed by atoms with Gasteiger partial charge in [0.25, 0.3) is 5.91 Å². The monoisotopic (exact) mass is 557 g/mol. The summed E-state index contributed by atoms with van der Waals surface area (Å²) < 4.78 is 40.4. The Labute approximate surface area is 236 Å². The second-order valence-electron chi connectivity index (χ2n) is 10.1. The normalized spacial score (nSPS) is 14.4. The van der Waals surface area contributed by atoms with E-state index in [9.17, 15) is 13.6 Å². The number of halogens is 2. The van der Waals surface area contributed by atoms with E-state index < -0.39 is 11.6 Å². The largest absolute Gasteiger partial charge is 0.497 e. The molecular formula is C31H29F2N5O3. The lowest BCUT2D eigenvalue weighted by Crippen LogP contribution is -2.26. The van der Waals surface area contributed by atoms with Crippen LogP contribution in [0.1, 0.15) is 40.9 Å². The highest BCUT2D eigenvalue weighted by atomic mass is 19.1. The van der Waals surface area contributed by atoms with Crippen LogP contribution in [0.2, 0.25) is 0 Å². The Balaban J connectivity index is 1.35. The summed E-state index contributed by atoms with van der Waals surface area (Å²) in [6.45, 7) is 0.393. The first-order valence-corrected chi connectivity index (χ1v) is 13.4. The molecule has 4 aromatic rings. The van der Waals surface area contributed by atoms with Crippen LogP contribution in [-0.2, 0) is 13.1 Å². The fourth-order valence-corrected chi connectivity index (χ4v) is 5.13. The van der Waals surface area contributed by atoms with Crippen molar-refractivity contribution in [3.8, 4) is 22.8 Å². The van der Waals surface area contributed by atoms with Gasteiger partial charge in [-0.2, -0.15) is 0 Å². The SMILES string of the molecule is COc1ccc(CN2Cc3nc(-c4c(F)cccc4F)cc(Nc4ccc(NC5CCC5)cn4)c3C2=O)c(OC)c1. The molecule has 0 radical (unpaired) electrons. The van der Waals surface area contributed by atoms with Crippen LogP contribution in [0.5, 0.6) is 11.5 Å². The summed E-state index contributed by atoms with van der Waals surface area (Å²) in [6, 6.07) is 14.7. The van der Waals surface area contributed by atoms with Gasteiger partial charge in [-0.1, -0.05) is 6.07 Å². The molecule has 2 aromatic heterocycles. The Kier molecular flexibility index (Phi) is 7.13. The number of aromatic nitrogens is 2. The molecule has 8 nitrogen and oxygen atoms in total. The third-order valence-corrected chi connectivity index (χ3v) is 7.51. The minimum Gasteiger partial charge on any atom is -0.497 e. The van der Waals surface area contributed by atoms with Crippen molar-refractivity contribution < 1.29 is 23.0 Å². The number of amides is 1. The van der Waals surface area contributed by atoms with Crippen LogP contribution >= 0.6 is 0 Å². The Morgan fingerprint density at radius 1 is 1.00 bits per heavy atom. The summed E-state index contributed by atoms with van der Waals surface area (Å²) in [5.41, 5.74) is 2.63. The predicted molar refractivity (Wildman–Crippen MR) is 151 cm³/mol. The molecule has 0 spiro atoms. The molecule has 2 N–H and O–H groups in total. The molecule has 1 aliphatic heterocycles. The summed E-state index contributed by atoms with van der Waals surface area (Å²) in [4.78, 5) is 24.4. The lowest BCUT2D eigenvalue weighted by molar-refractivity contribution is 0.0766. The smallest absolute Gasteiger partial charge is 0.258 e. The lowest BCUT2D eigenvalue weighted by Gasteiger charge is -2.27. The van der Waals surface area contributed by atoms with Crippen molar-refractivity contribution in [3.05, 3.63) is 89.2 Å². The molecule has 0 bridgehead atoms. The van der Waals surface area contributed by atoms with Gasteiger partial charge < -0.3 is 25.0 Å². The summed E-state index contributed by atoms with van der Waals surface area (Å²) >= 11 is 0. The number of hydrogen-bond acceptors (Lipinski definition) is 7. The van der Waals surface area contributed by atoms with E-state index in [-0.39, 0.29) is 30.3 Å². The second kappa shape index (κ2) is 11.0. The van der Waals surface area contributed by atoms with E-state index in [0.717, 1.165) is 24.1 Å². The van der Waals surface area contributed by atoms with E-state index in [0.29, 0.717) is 40.3 Å². The highest BCUT2D eigenvalue weighted by Gasteiger charge is 2.33. The molecule has 1 amide bonds. The minimum absolute atomic E-state index is 0.0850. The number of methoxy groups -OCH3 is 2. The van der Waals surface area contributed by atoms with Gasteiger partial charge >= 0.3 is 0 Å². The van der Waals surface area contributed by atoms with Crippen LogP contribution in [-0.4, -0.2) is 41.0 Å². The van der Waals surface area contributed by atoms with Crippen LogP contribution in [0.3, 0.4) is 0 Å². The predicted octanol–water partition coefficient (Wildman–Crippen LogP) is 6.30. The van der Waals surface area contributed by atoms with E-state index in [1.54, 1.807) is 43.5 Å². The van der Waals surface area contributed by atoms with Gasteiger partial charge in [0.15, 0.2) is 0 Å². The maximum atomic E-state index is 14.8. The van der Waals surface area contributed by atoms with E-state index >= 15 is 0 Å². The molecule has 2 aliphatic rings. The number of fused-ring (bicyclic) bond motifs is 1. The van der Waals surface area contributed by atoms with E-state index in [2.05, 4.69) is 20.6 Å². The molecule has 0 saturated heterocycles. The standard InChI is InChI=1S/C31H29F2N5O3/c1-40-21-11-9-18(27(13-21)41-2)16-38-17-26-30(31(38)39)25(14-24(36-26)29-22(32)7-4-8-23(29)33)37-28-12-10-20(15-34-28)35-19-5-3-6-19/h4,7-15,19,35H,3,5-6,16-17H2,1-2H3,(H,34,36,37). The number of nitrogens with one attached hydrogen (secondary N) is 2. The van der Waals surface area contributed by atoms with Crippen molar-refractivity contribution in [2.75, 3.05) is 24.9 Å². The summed E-state index contributed by atoms with van der Waals surface area (Å²) in [7, 11) is 3.12. The molecule has 1 fully saturated rings. The zero-order valence-electron chi connectivity index (χ0n) is 22.7. The van der Waals surface area contributed by atoms with Crippen LogP contribution in [0.4, 0.5) is 26.0 Å². The van der Waals surface area contributed by atoms with E-state index in [1.165, 1.54) is 30.7 Å². The Morgan fingerprint density at radius 3 is 2.46 bits per heavy atom. The van der Waals surface area contributed by atoms with Gasteiger partial charge in [0, 0.05) is 17.7 Å². The summed E-state index contributed by atoms with van der Waals surface area (Å²) in [6.07, 6.45) is 5.22. The topological polar surface area (TPSA) is 88.6 Å².